The Morgan fingerprint density at radius 1 is 1.17 bits per heavy atom. The molecule has 0 spiro atoms. The van der Waals surface area contributed by atoms with E-state index < -0.39 is 35.3 Å². The first-order chi connectivity index (χ1) is 17.0. The van der Waals surface area contributed by atoms with Crippen molar-refractivity contribution in [1.82, 2.24) is 4.98 Å². The molecule has 1 N–H and O–H groups in total. The number of halogens is 3. The number of nitrogens with zero attached hydrogens (tertiary/aromatic N) is 2. The second kappa shape index (κ2) is 10.0. The molecule has 0 radical (unpaired) electrons. The molecule has 1 atom stereocenters. The minimum atomic E-state index is -1.18. The predicted octanol–water partition coefficient (Wildman–Crippen LogP) is 6.01. The minimum absolute atomic E-state index is 0.0173. The maximum absolute atomic E-state index is 14.3. The smallest absolute Gasteiger partial charge is 0.350 e. The maximum Gasteiger partial charge on any atom is 0.350 e. The van der Waals surface area contributed by atoms with Crippen LogP contribution in [0.15, 0.2) is 42.0 Å². The minimum Gasteiger partial charge on any atom is -0.507 e. The number of hydrogen-bond acceptors (Lipinski definition) is 7. The molecule has 7 nitrogen and oxygen atoms in total. The van der Waals surface area contributed by atoms with Gasteiger partial charge in [-0.2, -0.15) is 0 Å². The lowest BCUT2D eigenvalue weighted by atomic mass is 9.95. The van der Waals surface area contributed by atoms with Gasteiger partial charge in [0.25, 0.3) is 5.78 Å². The number of carbonyl (C=O) groups is 3. The van der Waals surface area contributed by atoms with Gasteiger partial charge in [0.2, 0.25) is 0 Å². The number of ketones is 1. The molecule has 1 amide bonds. The van der Waals surface area contributed by atoms with Gasteiger partial charge in [0.15, 0.2) is 5.13 Å². The van der Waals surface area contributed by atoms with Crippen molar-refractivity contribution in [1.29, 1.82) is 0 Å². The summed E-state index contributed by atoms with van der Waals surface area (Å²) in [5, 5.41) is 11.6. The fourth-order valence-corrected chi connectivity index (χ4v) is 5.09. The zero-order valence-electron chi connectivity index (χ0n) is 19.3. The van der Waals surface area contributed by atoms with Gasteiger partial charge < -0.3 is 9.84 Å². The molecular formula is C25H19Cl2FN2O5S. The summed E-state index contributed by atoms with van der Waals surface area (Å²) in [6, 6.07) is 7.30. The molecule has 3 aromatic rings. The number of anilines is 1. The number of aryl methyl sites for hydroxylation is 2. The standard InChI is InChI=1S/C25H19Cl2FN2O5S/c1-4-35-24(34)22-12(3)29-25(36-22)30-19(13-7-8-15(26)16(27)9-13)18(21(32)23(30)33)20(31)14-6-5-11(2)17(28)10-14/h5-10,19,31H,4H2,1-3H3. The molecule has 1 saturated heterocycles. The Morgan fingerprint density at radius 3 is 2.53 bits per heavy atom. The number of benzene rings is 2. The number of rotatable bonds is 5. The highest BCUT2D eigenvalue weighted by atomic mass is 35.5. The van der Waals surface area contributed by atoms with Crippen LogP contribution in [0.4, 0.5) is 9.52 Å². The third-order valence-electron chi connectivity index (χ3n) is 5.60. The lowest BCUT2D eigenvalue weighted by Crippen LogP contribution is -2.29. The molecule has 1 aromatic heterocycles. The van der Waals surface area contributed by atoms with Gasteiger partial charge in [-0.1, -0.05) is 52.7 Å². The molecule has 0 bridgehead atoms. The summed E-state index contributed by atoms with van der Waals surface area (Å²) < 4.78 is 19.3. The molecular weight excluding hydrogens is 530 g/mol. The maximum atomic E-state index is 14.3. The van der Waals surface area contributed by atoms with Crippen LogP contribution >= 0.6 is 34.5 Å². The number of thiazole rings is 1. The van der Waals surface area contributed by atoms with Crippen molar-refractivity contribution < 1.29 is 28.6 Å². The second-order valence-electron chi connectivity index (χ2n) is 7.94. The molecule has 36 heavy (non-hydrogen) atoms. The van der Waals surface area contributed by atoms with Gasteiger partial charge in [0, 0.05) is 5.56 Å². The molecule has 1 fully saturated rings. The summed E-state index contributed by atoms with van der Waals surface area (Å²) in [4.78, 5) is 44.5. The lowest BCUT2D eigenvalue weighted by molar-refractivity contribution is -0.132. The van der Waals surface area contributed by atoms with Crippen molar-refractivity contribution >= 4 is 63.1 Å². The average molecular weight is 549 g/mol. The third-order valence-corrected chi connectivity index (χ3v) is 7.48. The lowest BCUT2D eigenvalue weighted by Gasteiger charge is -2.23. The number of amides is 1. The monoisotopic (exact) mass is 548 g/mol. The zero-order chi connectivity index (χ0) is 26.3. The number of hydrogen-bond donors (Lipinski definition) is 1. The van der Waals surface area contributed by atoms with E-state index in [1.54, 1.807) is 26.8 Å². The third kappa shape index (κ3) is 4.50. The van der Waals surface area contributed by atoms with Gasteiger partial charge in [-0.25, -0.2) is 14.2 Å². The highest BCUT2D eigenvalue weighted by molar-refractivity contribution is 7.17. The van der Waals surface area contributed by atoms with Crippen LogP contribution in [0.25, 0.3) is 5.76 Å². The quantitative estimate of drug-likeness (QED) is 0.181. The van der Waals surface area contributed by atoms with Crippen molar-refractivity contribution in [3.05, 3.63) is 85.1 Å². The summed E-state index contributed by atoms with van der Waals surface area (Å²) in [6.45, 7) is 4.93. The summed E-state index contributed by atoms with van der Waals surface area (Å²) in [5.74, 6) is -3.75. The number of aliphatic hydroxyl groups is 1. The Hall–Kier alpha value is -3.27. The molecule has 11 heteroatoms. The molecule has 1 aliphatic rings. The van der Waals surface area contributed by atoms with Crippen molar-refractivity contribution in [2.24, 2.45) is 0 Å². The average Bonchev–Trinajstić information content (AvgIpc) is 3.34. The van der Waals surface area contributed by atoms with Crippen LogP contribution in [0.1, 0.15) is 45.0 Å². The molecule has 186 valence electrons. The van der Waals surface area contributed by atoms with Crippen LogP contribution in [0.3, 0.4) is 0 Å². The van der Waals surface area contributed by atoms with Gasteiger partial charge in [-0.05, 0) is 50.1 Å². The summed E-state index contributed by atoms with van der Waals surface area (Å²) in [5.41, 5.74) is 0.737. The van der Waals surface area contributed by atoms with E-state index in [4.69, 9.17) is 27.9 Å². The van der Waals surface area contributed by atoms with Crippen molar-refractivity contribution in [3.8, 4) is 0 Å². The van der Waals surface area contributed by atoms with Crippen molar-refractivity contribution in [3.63, 3.8) is 0 Å². The number of ether oxygens (including phenoxy) is 1. The van der Waals surface area contributed by atoms with E-state index in [0.717, 1.165) is 22.3 Å². The number of aliphatic hydroxyl groups excluding tert-OH is 1. The highest BCUT2D eigenvalue weighted by Gasteiger charge is 2.48. The Balaban J connectivity index is 1.94. The molecule has 2 heterocycles. The first-order valence-electron chi connectivity index (χ1n) is 10.7. The van der Waals surface area contributed by atoms with E-state index in [9.17, 15) is 23.9 Å². The van der Waals surface area contributed by atoms with Crippen LogP contribution in [-0.4, -0.2) is 34.4 Å². The van der Waals surface area contributed by atoms with E-state index in [1.807, 2.05) is 0 Å². The van der Waals surface area contributed by atoms with E-state index in [0.29, 0.717) is 16.8 Å². The zero-order valence-corrected chi connectivity index (χ0v) is 21.6. The molecule has 0 aliphatic carbocycles. The first-order valence-corrected chi connectivity index (χ1v) is 12.3. The fraction of sp³-hybridized carbons (Fsp3) is 0.200. The number of aromatic nitrogens is 1. The van der Waals surface area contributed by atoms with Crippen LogP contribution in [0.5, 0.6) is 0 Å². The SMILES string of the molecule is CCOC(=O)c1sc(N2C(=O)C(=O)C(=C(O)c3ccc(C)c(F)c3)C2c2ccc(Cl)c(Cl)c2)nc1C. The van der Waals surface area contributed by atoms with E-state index in [1.165, 1.54) is 24.3 Å². The van der Waals surface area contributed by atoms with Gasteiger partial charge in [0.05, 0.1) is 34.0 Å². The first kappa shape index (κ1) is 25.8. The molecule has 0 saturated carbocycles. The predicted molar refractivity (Wildman–Crippen MR) is 135 cm³/mol. The van der Waals surface area contributed by atoms with Crippen LogP contribution in [0, 0.1) is 19.7 Å². The number of esters is 1. The largest absolute Gasteiger partial charge is 0.507 e. The van der Waals surface area contributed by atoms with Crippen LogP contribution in [-0.2, 0) is 14.3 Å². The molecule has 1 unspecified atom stereocenters. The normalized spacial score (nSPS) is 17.1. The summed E-state index contributed by atoms with van der Waals surface area (Å²) in [6.07, 6.45) is 0. The summed E-state index contributed by atoms with van der Waals surface area (Å²) in [7, 11) is 0. The van der Waals surface area contributed by atoms with Crippen LogP contribution < -0.4 is 4.90 Å². The second-order valence-corrected chi connectivity index (χ2v) is 9.73. The van der Waals surface area contributed by atoms with Crippen molar-refractivity contribution in [2.75, 3.05) is 11.5 Å². The van der Waals surface area contributed by atoms with E-state index >= 15 is 0 Å². The number of carbonyl (C=O) groups excluding carboxylic acids is 3. The van der Waals surface area contributed by atoms with Gasteiger partial charge in [-0.15, -0.1) is 0 Å². The fourth-order valence-electron chi connectivity index (χ4n) is 3.79. The Kier molecular flexibility index (Phi) is 7.17. The molecule has 4 rings (SSSR count). The topological polar surface area (TPSA) is 96.8 Å². The Morgan fingerprint density at radius 2 is 1.89 bits per heavy atom. The van der Waals surface area contributed by atoms with Gasteiger partial charge >= 0.3 is 11.9 Å². The Labute approximate surface area is 219 Å². The van der Waals surface area contributed by atoms with E-state index in [2.05, 4.69) is 4.98 Å². The highest BCUT2D eigenvalue weighted by Crippen LogP contribution is 2.45. The Bertz CT molecular complexity index is 1450. The molecule has 1 aliphatic heterocycles. The summed E-state index contributed by atoms with van der Waals surface area (Å²) >= 11 is 13.2. The number of Topliss-reactive ketones (excluding diaryl/α,β-unsaturated/α-hetero) is 1. The van der Waals surface area contributed by atoms with Crippen molar-refractivity contribution in [2.45, 2.75) is 26.8 Å². The van der Waals surface area contributed by atoms with Crippen LogP contribution in [0.2, 0.25) is 10.0 Å². The van der Waals surface area contributed by atoms with Gasteiger partial charge in [-0.3, -0.25) is 14.5 Å². The van der Waals surface area contributed by atoms with Gasteiger partial charge in [0.1, 0.15) is 16.5 Å². The molecule has 2 aromatic carbocycles. The van der Waals surface area contributed by atoms with E-state index in [-0.39, 0.29) is 37.8 Å².